The van der Waals surface area contributed by atoms with Crippen LogP contribution in [0.1, 0.15) is 12.8 Å². The molecule has 1 unspecified atom stereocenters. The first-order chi connectivity index (χ1) is 6.84. The lowest BCUT2D eigenvalue weighted by molar-refractivity contribution is 0.195. The molecule has 1 aromatic rings. The van der Waals surface area contributed by atoms with Gasteiger partial charge in [0.15, 0.2) is 4.34 Å². The zero-order chi connectivity index (χ0) is 9.80. The number of rotatable bonds is 6. The van der Waals surface area contributed by atoms with Gasteiger partial charge in [-0.15, -0.1) is 0 Å². The van der Waals surface area contributed by atoms with Crippen LogP contribution >= 0.6 is 23.3 Å². The van der Waals surface area contributed by atoms with Gasteiger partial charge in [-0.3, -0.25) is 0 Å². The summed E-state index contributed by atoms with van der Waals surface area (Å²) in [5.74, 6) is 0.689. The molecular weight excluding hydrogens is 218 g/mol. The maximum atomic E-state index is 9.60. The summed E-state index contributed by atoms with van der Waals surface area (Å²) >= 11 is 2.93. The summed E-state index contributed by atoms with van der Waals surface area (Å²) in [5.41, 5.74) is 0. The van der Waals surface area contributed by atoms with E-state index >= 15 is 0 Å². The quantitative estimate of drug-likeness (QED) is 0.707. The number of aliphatic hydroxyl groups is 1. The van der Waals surface area contributed by atoms with Crippen LogP contribution in [0.2, 0.25) is 0 Å². The zero-order valence-corrected chi connectivity index (χ0v) is 9.35. The number of hydrogen-bond acceptors (Lipinski definition) is 6. The molecule has 2 rings (SSSR count). The molecule has 1 atom stereocenters. The van der Waals surface area contributed by atoms with Crippen molar-refractivity contribution < 1.29 is 5.11 Å². The summed E-state index contributed by atoms with van der Waals surface area (Å²) in [7, 11) is 0. The van der Waals surface area contributed by atoms with E-state index < -0.39 is 0 Å². The molecule has 0 radical (unpaired) electrons. The zero-order valence-electron chi connectivity index (χ0n) is 7.72. The minimum atomic E-state index is -0.288. The number of hydrogen-bond donors (Lipinski definition) is 2. The minimum absolute atomic E-state index is 0.288. The van der Waals surface area contributed by atoms with Crippen molar-refractivity contribution in [1.29, 1.82) is 0 Å². The summed E-state index contributed by atoms with van der Waals surface area (Å²) in [4.78, 5) is 4.03. The van der Waals surface area contributed by atoms with E-state index in [4.69, 9.17) is 0 Å². The van der Waals surface area contributed by atoms with Gasteiger partial charge >= 0.3 is 0 Å². The second-order valence-corrected chi connectivity index (χ2v) is 5.40. The topological polar surface area (TPSA) is 58.0 Å². The Bertz CT molecular complexity index is 264. The van der Waals surface area contributed by atoms with Gasteiger partial charge in [0.25, 0.3) is 0 Å². The van der Waals surface area contributed by atoms with Gasteiger partial charge < -0.3 is 10.4 Å². The molecule has 2 N–H and O–H groups in total. The lowest BCUT2D eigenvalue weighted by Gasteiger charge is -2.09. The van der Waals surface area contributed by atoms with E-state index in [2.05, 4.69) is 14.7 Å². The highest BCUT2D eigenvalue weighted by molar-refractivity contribution is 8.00. The van der Waals surface area contributed by atoms with Crippen LogP contribution in [-0.4, -0.2) is 38.9 Å². The SMILES string of the molecule is OC(CNC1CC1)CSc1ncns1. The van der Waals surface area contributed by atoms with Crippen LogP contribution in [-0.2, 0) is 0 Å². The summed E-state index contributed by atoms with van der Waals surface area (Å²) < 4.78 is 4.82. The van der Waals surface area contributed by atoms with Crippen LogP contribution in [0.5, 0.6) is 0 Å². The summed E-state index contributed by atoms with van der Waals surface area (Å²) in [6.07, 6.45) is 3.78. The van der Waals surface area contributed by atoms with Gasteiger partial charge in [0.2, 0.25) is 0 Å². The molecule has 0 spiro atoms. The van der Waals surface area contributed by atoms with E-state index in [9.17, 15) is 5.11 Å². The fourth-order valence-electron chi connectivity index (χ4n) is 1.04. The van der Waals surface area contributed by atoms with Crippen molar-refractivity contribution in [2.24, 2.45) is 0 Å². The average molecular weight is 231 g/mol. The van der Waals surface area contributed by atoms with E-state index in [-0.39, 0.29) is 6.10 Å². The molecule has 6 heteroatoms. The van der Waals surface area contributed by atoms with E-state index in [1.54, 1.807) is 18.1 Å². The lowest BCUT2D eigenvalue weighted by Crippen LogP contribution is -2.29. The van der Waals surface area contributed by atoms with Gasteiger partial charge in [0.1, 0.15) is 6.33 Å². The average Bonchev–Trinajstić information content (AvgIpc) is 2.87. The molecule has 1 fully saturated rings. The standard InChI is InChI=1S/C8H13N3OS2/c12-7(3-9-6-1-2-6)4-13-8-10-5-11-14-8/h5-7,9,12H,1-4H2. The summed E-state index contributed by atoms with van der Waals surface area (Å²) in [6, 6.07) is 0.663. The van der Waals surface area contributed by atoms with Crippen LogP contribution in [0.15, 0.2) is 10.7 Å². The maximum absolute atomic E-state index is 9.60. The van der Waals surface area contributed by atoms with Crippen LogP contribution in [0.4, 0.5) is 0 Å². The molecule has 1 aromatic heterocycles. The predicted molar refractivity (Wildman–Crippen MR) is 57.7 cm³/mol. The number of nitrogens with zero attached hydrogens (tertiary/aromatic N) is 2. The minimum Gasteiger partial charge on any atom is -0.391 e. The van der Waals surface area contributed by atoms with E-state index in [1.165, 1.54) is 24.4 Å². The Kier molecular flexibility index (Phi) is 3.74. The monoisotopic (exact) mass is 231 g/mol. The fourth-order valence-corrected chi connectivity index (χ4v) is 2.44. The highest BCUT2D eigenvalue weighted by Crippen LogP contribution is 2.20. The molecule has 0 saturated heterocycles. The fraction of sp³-hybridized carbons (Fsp3) is 0.750. The van der Waals surface area contributed by atoms with E-state index in [1.807, 2.05) is 0 Å². The molecular formula is C8H13N3OS2. The third-order valence-corrected chi connectivity index (χ3v) is 3.90. The van der Waals surface area contributed by atoms with Gasteiger partial charge in [-0.25, -0.2) is 4.98 Å². The molecule has 14 heavy (non-hydrogen) atoms. The van der Waals surface area contributed by atoms with E-state index in [0.29, 0.717) is 18.3 Å². The van der Waals surface area contributed by atoms with Crippen LogP contribution in [0, 0.1) is 0 Å². The summed E-state index contributed by atoms with van der Waals surface area (Å²) in [5, 5.41) is 12.9. The molecule has 1 aliphatic carbocycles. The molecule has 1 aliphatic rings. The molecule has 0 amide bonds. The van der Waals surface area contributed by atoms with Gasteiger partial charge in [-0.1, -0.05) is 11.8 Å². The lowest BCUT2D eigenvalue weighted by atomic mass is 10.4. The molecule has 4 nitrogen and oxygen atoms in total. The van der Waals surface area contributed by atoms with Crippen molar-refractivity contribution in [2.45, 2.75) is 29.3 Å². The maximum Gasteiger partial charge on any atom is 0.169 e. The van der Waals surface area contributed by atoms with Crippen LogP contribution in [0.3, 0.4) is 0 Å². The Labute approximate surface area is 91.3 Å². The van der Waals surface area contributed by atoms with Crippen molar-refractivity contribution in [1.82, 2.24) is 14.7 Å². The smallest absolute Gasteiger partial charge is 0.169 e. The van der Waals surface area contributed by atoms with Crippen molar-refractivity contribution >= 4 is 23.3 Å². The number of aliphatic hydroxyl groups excluding tert-OH is 1. The molecule has 1 saturated carbocycles. The Morgan fingerprint density at radius 3 is 3.21 bits per heavy atom. The van der Waals surface area contributed by atoms with Crippen LogP contribution < -0.4 is 5.32 Å². The second kappa shape index (κ2) is 5.06. The van der Waals surface area contributed by atoms with Crippen molar-refractivity contribution in [3.63, 3.8) is 0 Å². The molecule has 1 heterocycles. The van der Waals surface area contributed by atoms with Gasteiger partial charge in [0.05, 0.1) is 6.10 Å². The normalized spacial score (nSPS) is 18.4. The van der Waals surface area contributed by atoms with E-state index in [0.717, 1.165) is 4.34 Å². The first-order valence-electron chi connectivity index (χ1n) is 4.65. The predicted octanol–water partition coefficient (Wildman–Crippen LogP) is 0.743. The van der Waals surface area contributed by atoms with Gasteiger partial charge in [0, 0.05) is 18.3 Å². The Balaban J connectivity index is 1.59. The number of aromatic nitrogens is 2. The third kappa shape index (κ3) is 3.53. The van der Waals surface area contributed by atoms with Crippen molar-refractivity contribution in [3.8, 4) is 0 Å². The Morgan fingerprint density at radius 1 is 1.71 bits per heavy atom. The highest BCUT2D eigenvalue weighted by atomic mass is 32.2. The number of nitrogens with one attached hydrogen (secondary N) is 1. The van der Waals surface area contributed by atoms with Gasteiger partial charge in [-0.2, -0.15) is 4.37 Å². The second-order valence-electron chi connectivity index (χ2n) is 3.35. The molecule has 78 valence electrons. The Morgan fingerprint density at radius 2 is 2.57 bits per heavy atom. The first kappa shape index (κ1) is 10.4. The molecule has 0 aromatic carbocycles. The molecule has 0 bridgehead atoms. The largest absolute Gasteiger partial charge is 0.391 e. The number of thioether (sulfide) groups is 1. The third-order valence-electron chi connectivity index (χ3n) is 1.96. The first-order valence-corrected chi connectivity index (χ1v) is 6.41. The Hall–Kier alpha value is -0.170. The molecule has 0 aliphatic heterocycles. The summed E-state index contributed by atoms with van der Waals surface area (Å²) in [6.45, 7) is 0.691. The van der Waals surface area contributed by atoms with Crippen LogP contribution in [0.25, 0.3) is 0 Å². The van der Waals surface area contributed by atoms with Crippen molar-refractivity contribution in [3.05, 3.63) is 6.33 Å². The highest BCUT2D eigenvalue weighted by Gasteiger charge is 2.21. The van der Waals surface area contributed by atoms with Gasteiger partial charge in [-0.05, 0) is 24.4 Å². The van der Waals surface area contributed by atoms with Crippen molar-refractivity contribution in [2.75, 3.05) is 12.3 Å².